The Morgan fingerprint density at radius 1 is 0.426 bits per heavy atom. The second-order valence-corrected chi connectivity index (χ2v) is 25.4. The number of fused-ring (bicyclic) bond motifs is 10. The van der Waals surface area contributed by atoms with Crippen LogP contribution >= 0.6 is 23.2 Å². The number of rotatable bonds is 28. The fourth-order valence-electron chi connectivity index (χ4n) is 12.3. The van der Waals surface area contributed by atoms with Gasteiger partial charge in [0.15, 0.2) is 24.8 Å². The van der Waals surface area contributed by atoms with E-state index in [1.165, 1.54) is 0 Å². The van der Waals surface area contributed by atoms with E-state index in [-0.39, 0.29) is 53.1 Å². The molecule has 4 aromatic carbocycles. The van der Waals surface area contributed by atoms with Crippen molar-refractivity contribution in [3.05, 3.63) is 216 Å². The quantitative estimate of drug-likeness (QED) is 0.0207. The monoisotopic (exact) mass is 1470 g/mol. The third kappa shape index (κ3) is 18.7. The van der Waals surface area contributed by atoms with Crippen LogP contribution in [0.3, 0.4) is 0 Å². The number of nitrogens with zero attached hydrogens (tertiary/aromatic N) is 8. The number of aromatic nitrogens is 8. The number of carbonyl (C=O) groups is 2. The average Bonchev–Trinajstić information content (AvgIpc) is 1.63. The number of benzene rings is 4. The van der Waals surface area contributed by atoms with Crippen molar-refractivity contribution < 1.29 is 69.5 Å². The van der Waals surface area contributed by atoms with Gasteiger partial charge < -0.3 is 65.5 Å². The predicted octanol–water partition coefficient (Wildman–Crippen LogP) is 9.75. The number of amides is 2. The van der Waals surface area contributed by atoms with E-state index >= 15 is 0 Å². The predicted molar refractivity (Wildman–Crippen MR) is 395 cm³/mol. The van der Waals surface area contributed by atoms with Crippen LogP contribution in [0.1, 0.15) is 87.0 Å². The summed E-state index contributed by atoms with van der Waals surface area (Å²) in [5, 5.41) is 16.6. The number of hydrogen-bond donors (Lipinski definition) is 4. The standard InChI is InChI=1S/C80H76Cl2N12O4.2ClH.Ni/c1-93-45-35-55(36-46-93)79-69-29-27-67(90-69)77(53-13-19-59(20-14-53)97-49-9-3-11-75(95)87-41-7-5-39-83-63-33-43-85-73-51-57(81)17-23-61(63)73)65-25-26-66(89-65)78(68-28-30-70(91-68)80(72-32-31-71(79)92-72)56-37-47-94(2)48-38-56)54-15-21-60(22-16-54)98-50-10-4-12-76(96)88-42-8-6-40-84-64-34-44-86-74-52-58(82)18-24-62(64)74;;;/h13-38,43-48,51-52H,3-12,39-42,49-50H2,1-2H3,(H4-,83,84,85,86,87,88,89,90,91,92,95,96);2*1H;/q;;;+2/p-2. The molecule has 0 spiro atoms. The molecule has 13 rings (SSSR count). The van der Waals surface area contributed by atoms with Crippen molar-refractivity contribution in [3.8, 4) is 56.0 Å². The first-order chi connectivity index (χ1) is 48.0. The van der Waals surface area contributed by atoms with Crippen LogP contribution in [-0.4, -0.2) is 71.1 Å². The van der Waals surface area contributed by atoms with Gasteiger partial charge in [-0.25, -0.2) is 19.1 Å². The van der Waals surface area contributed by atoms with Gasteiger partial charge in [-0.15, -0.1) is 22.1 Å². The Morgan fingerprint density at radius 3 is 1.14 bits per heavy atom. The SMILES string of the molecule is C[n+]1ccc(-c2c3nc(c(-c4ccc(OCCCCC(=O)NCCCCNc5ccnc6cc(Cl)ccc56)cc4)c4ccc([n-]4)c(-c4ccc(OCCCCC(=O)NCCCCNc5ccnc6cc(Cl)ccc56)cc4)c4nc(c(-c5cc[n+](C)cc5)c5ccc2[n-]5)C=C4)C=C3)cc1.[Cl-].[Cl-].[Ni+2]. The number of hydrogen-bond acceptors (Lipinski definition) is 10. The van der Waals surface area contributed by atoms with Gasteiger partial charge in [-0.2, -0.15) is 0 Å². The Bertz CT molecular complexity index is 4630. The molecule has 21 heteroatoms. The summed E-state index contributed by atoms with van der Waals surface area (Å²) in [4.78, 5) is 56.4. The molecule has 8 bridgehead atoms. The van der Waals surface area contributed by atoms with E-state index in [1.807, 2.05) is 121 Å². The first-order valence-corrected chi connectivity index (χ1v) is 34.3. The summed E-state index contributed by atoms with van der Waals surface area (Å²) in [6.07, 6.45) is 27.3. The summed E-state index contributed by atoms with van der Waals surface area (Å²) >= 11 is 12.3. The van der Waals surface area contributed by atoms with E-state index in [1.54, 1.807) is 12.4 Å². The minimum absolute atomic E-state index is 0. The first kappa shape index (κ1) is 74.1. The molecule has 0 unspecified atom stereocenters. The van der Waals surface area contributed by atoms with Crippen LogP contribution in [0.4, 0.5) is 11.4 Å². The fraction of sp³-hybridized carbons (Fsp3) is 0.225. The summed E-state index contributed by atoms with van der Waals surface area (Å²) in [5.41, 5.74) is 17.1. The van der Waals surface area contributed by atoms with E-state index in [2.05, 4.69) is 128 Å². The van der Waals surface area contributed by atoms with Crippen molar-refractivity contribution in [1.29, 1.82) is 0 Å². The minimum atomic E-state index is 0. The molecular formula is C80H76Cl4N12NiO4. The summed E-state index contributed by atoms with van der Waals surface area (Å²) < 4.78 is 16.6. The third-order valence-electron chi connectivity index (χ3n) is 17.5. The molecule has 101 heavy (non-hydrogen) atoms. The second kappa shape index (κ2) is 35.6. The maximum Gasteiger partial charge on any atom is 2.00 e. The maximum atomic E-state index is 12.8. The van der Waals surface area contributed by atoms with E-state index in [0.717, 1.165) is 186 Å². The van der Waals surface area contributed by atoms with Crippen LogP contribution in [0.2, 0.25) is 10.0 Å². The molecule has 0 fully saturated rings. The Hall–Kier alpha value is -9.61. The normalized spacial score (nSPS) is 11.4. The topological polar surface area (TPSA) is 188 Å². The fourth-order valence-corrected chi connectivity index (χ4v) is 12.7. The van der Waals surface area contributed by atoms with Gasteiger partial charge in [0.05, 0.1) is 47.0 Å². The number of nitrogens with one attached hydrogen (secondary N) is 4. The van der Waals surface area contributed by atoms with Crippen LogP contribution in [-0.2, 0) is 40.2 Å². The molecule has 9 heterocycles. The van der Waals surface area contributed by atoms with Gasteiger partial charge >= 0.3 is 16.5 Å². The number of carbonyl (C=O) groups excluding carboxylic acids is 2. The Kier molecular flexibility index (Phi) is 26.1. The molecule has 7 aromatic heterocycles. The molecule has 16 nitrogen and oxygen atoms in total. The molecule has 2 aliphatic heterocycles. The number of aryl methyl sites for hydroxylation is 2. The molecule has 0 radical (unpaired) electrons. The van der Waals surface area contributed by atoms with Gasteiger partial charge in [0.1, 0.15) is 25.6 Å². The van der Waals surface area contributed by atoms with Crippen molar-refractivity contribution in [2.75, 3.05) is 50.0 Å². The van der Waals surface area contributed by atoms with Crippen LogP contribution in [0.15, 0.2) is 183 Å². The summed E-state index contributed by atoms with van der Waals surface area (Å²) in [5.74, 6) is 1.54. The van der Waals surface area contributed by atoms with Crippen molar-refractivity contribution in [2.24, 2.45) is 14.1 Å². The van der Waals surface area contributed by atoms with Crippen LogP contribution in [0, 0.1) is 0 Å². The Labute approximate surface area is 620 Å². The van der Waals surface area contributed by atoms with Gasteiger partial charge in [-0.1, -0.05) is 71.7 Å². The van der Waals surface area contributed by atoms with Crippen molar-refractivity contribution in [1.82, 2.24) is 40.5 Å². The molecule has 0 saturated carbocycles. The molecule has 4 N–H and O–H groups in total. The first-order valence-electron chi connectivity index (χ1n) is 33.6. The van der Waals surface area contributed by atoms with Crippen LogP contribution in [0.5, 0.6) is 11.5 Å². The zero-order chi connectivity index (χ0) is 67.2. The average molecular weight is 1470 g/mol. The van der Waals surface area contributed by atoms with Crippen LogP contribution < -0.4 is 74.7 Å². The summed E-state index contributed by atoms with van der Waals surface area (Å²) in [6.45, 7) is 3.75. The van der Waals surface area contributed by atoms with Gasteiger partial charge in [0, 0.05) is 108 Å². The minimum Gasteiger partial charge on any atom is -1.00 e. The van der Waals surface area contributed by atoms with Crippen molar-refractivity contribution in [2.45, 2.75) is 64.2 Å². The third-order valence-corrected chi connectivity index (χ3v) is 17.9. The van der Waals surface area contributed by atoms with Gasteiger partial charge in [-0.05, 0) is 193 Å². The Morgan fingerprint density at radius 2 is 0.772 bits per heavy atom. The Balaban J connectivity index is 0.00000367. The molecule has 0 atom stereocenters. The largest absolute Gasteiger partial charge is 2.00 e. The number of anilines is 2. The van der Waals surface area contributed by atoms with Crippen molar-refractivity contribution >= 4 is 115 Å². The van der Waals surface area contributed by atoms with Crippen LogP contribution in [0.25, 0.3) is 113 Å². The summed E-state index contributed by atoms with van der Waals surface area (Å²) in [7, 11) is 4.02. The zero-order valence-corrected chi connectivity index (χ0v) is 60.0. The van der Waals surface area contributed by atoms with Crippen molar-refractivity contribution in [3.63, 3.8) is 0 Å². The maximum absolute atomic E-state index is 12.8. The number of unbranched alkanes of at least 4 members (excludes halogenated alkanes) is 4. The molecule has 2 amide bonds. The molecule has 0 saturated heterocycles. The molecule has 0 aliphatic carbocycles. The second-order valence-electron chi connectivity index (χ2n) is 24.5. The summed E-state index contributed by atoms with van der Waals surface area (Å²) in [6, 6.07) is 48.3. The van der Waals surface area contributed by atoms with E-state index in [9.17, 15) is 9.59 Å². The molecular weight excluding hydrogens is 1390 g/mol. The van der Waals surface area contributed by atoms with E-state index in [0.29, 0.717) is 62.0 Å². The molecule has 2 aliphatic rings. The molecule has 518 valence electrons. The van der Waals surface area contributed by atoms with Gasteiger partial charge in [0.2, 0.25) is 11.8 Å². The van der Waals surface area contributed by atoms with Gasteiger partial charge in [0.25, 0.3) is 0 Å². The number of pyridine rings is 4. The van der Waals surface area contributed by atoms with E-state index < -0.39 is 0 Å². The number of halogens is 4. The van der Waals surface area contributed by atoms with E-state index in [4.69, 9.17) is 52.6 Å². The zero-order valence-electron chi connectivity index (χ0n) is 56.0. The number of ether oxygens (including phenoxy) is 2. The van der Waals surface area contributed by atoms with Gasteiger partial charge in [-0.3, -0.25) is 19.6 Å². The smallest absolute Gasteiger partial charge is 1.00 e. The molecule has 11 aromatic rings.